The Morgan fingerprint density at radius 3 is 2.55 bits per heavy atom. The van der Waals surface area contributed by atoms with Gasteiger partial charge in [0, 0.05) is 22.6 Å². The summed E-state index contributed by atoms with van der Waals surface area (Å²) in [6.45, 7) is 5.79. The van der Waals surface area contributed by atoms with Crippen LogP contribution in [0.2, 0.25) is 0 Å². The van der Waals surface area contributed by atoms with E-state index in [-0.39, 0.29) is 12.4 Å². The molecule has 1 aromatic heterocycles. The molecule has 7 heteroatoms. The lowest BCUT2D eigenvalue weighted by Gasteiger charge is -2.07. The smallest absolute Gasteiger partial charge is 0.310 e. The van der Waals surface area contributed by atoms with E-state index in [2.05, 4.69) is 11.5 Å². The van der Waals surface area contributed by atoms with Gasteiger partial charge in [0.25, 0.3) is 0 Å². The second-order valence-electron chi connectivity index (χ2n) is 6.95. The Bertz CT molecular complexity index is 1150. The van der Waals surface area contributed by atoms with E-state index in [4.69, 9.17) is 30.8 Å². The lowest BCUT2D eigenvalue weighted by atomic mass is 10.0. The monoisotopic (exact) mass is 483 g/mol. The van der Waals surface area contributed by atoms with Crippen molar-refractivity contribution in [2.45, 2.75) is 20.3 Å². The molecule has 1 heterocycles. The van der Waals surface area contributed by atoms with Crippen LogP contribution in [0.25, 0.3) is 5.57 Å². The van der Waals surface area contributed by atoms with E-state index in [0.717, 1.165) is 37.9 Å². The van der Waals surface area contributed by atoms with Crippen molar-refractivity contribution in [2.75, 3.05) is 33.5 Å². The molecule has 0 N–H and O–H groups in total. The largest absolute Gasteiger partial charge is 0.497 e. The molecule has 0 spiro atoms. The number of halogens is 1. The van der Waals surface area contributed by atoms with Crippen molar-refractivity contribution in [1.82, 2.24) is 0 Å². The average molecular weight is 484 g/mol. The number of rotatable bonds is 11. The van der Waals surface area contributed by atoms with Crippen LogP contribution >= 0.6 is 22.9 Å². The standard InChI is InChI=1S/C26H26ClNO4S/c1-4-31-15-14-28-25(18-8-12-22(30-3)13-9-18)23-16-20(17-24(29)32-5-2)26(33-23)19-6-10-21(27)11-7-19/h6,8-10,12-13,16H,4-5,14-15,17H2,1-3H3. The molecule has 2 aromatic rings. The fourth-order valence-electron chi connectivity index (χ4n) is 3.20. The molecule has 0 radical (unpaired) electrons. The van der Waals surface area contributed by atoms with Gasteiger partial charge in [-0.1, -0.05) is 17.3 Å². The van der Waals surface area contributed by atoms with Crippen LogP contribution in [0.15, 0.2) is 64.0 Å². The number of esters is 1. The summed E-state index contributed by atoms with van der Waals surface area (Å²) in [5, 5.41) is 0.485. The zero-order chi connectivity index (χ0) is 23.6. The third kappa shape index (κ3) is 6.82. The van der Waals surface area contributed by atoms with E-state index < -0.39 is 0 Å². The number of thiophene rings is 1. The number of ether oxygens (including phenoxy) is 3. The minimum absolute atomic E-state index is 0.158. The predicted molar refractivity (Wildman–Crippen MR) is 134 cm³/mol. The molecule has 0 amide bonds. The zero-order valence-electron chi connectivity index (χ0n) is 18.9. The molecule has 0 aliphatic heterocycles. The van der Waals surface area contributed by atoms with E-state index in [1.54, 1.807) is 31.4 Å². The van der Waals surface area contributed by atoms with Gasteiger partial charge in [-0.15, -0.1) is 11.3 Å². The average Bonchev–Trinajstić information content (AvgIpc) is 3.23. The maximum absolute atomic E-state index is 12.3. The fraction of sp³-hybridized carbons (Fsp3) is 0.308. The quantitative estimate of drug-likeness (QED) is 0.181. The Morgan fingerprint density at radius 1 is 1.12 bits per heavy atom. The fourth-order valence-corrected chi connectivity index (χ4v) is 4.50. The molecule has 0 unspecified atom stereocenters. The molecule has 0 bridgehead atoms. The number of methoxy groups -OCH3 is 1. The lowest BCUT2D eigenvalue weighted by molar-refractivity contribution is -0.142. The van der Waals surface area contributed by atoms with E-state index >= 15 is 0 Å². The minimum atomic E-state index is -0.277. The summed E-state index contributed by atoms with van der Waals surface area (Å²) in [5.74, 6) is 0.494. The van der Waals surface area contributed by atoms with Crippen molar-refractivity contribution in [2.24, 2.45) is 4.99 Å². The molecule has 33 heavy (non-hydrogen) atoms. The Kier molecular flexibility index (Phi) is 9.32. The molecule has 0 saturated heterocycles. The molecule has 0 fully saturated rings. The van der Waals surface area contributed by atoms with Crippen LogP contribution in [0.4, 0.5) is 0 Å². The van der Waals surface area contributed by atoms with Crippen LogP contribution in [0.3, 0.4) is 0 Å². The van der Waals surface area contributed by atoms with Crippen molar-refractivity contribution in [3.05, 3.63) is 79.9 Å². The van der Waals surface area contributed by atoms with Crippen LogP contribution in [-0.4, -0.2) is 45.2 Å². The normalized spacial score (nSPS) is 13.0. The number of hydrogen-bond acceptors (Lipinski definition) is 6. The SMILES string of the molecule is CCOCCN=C(c1ccc(OC)cc1)c1cc(CC(=O)OCC)c(C2=C=C=C(Cl)C=C2)s1. The van der Waals surface area contributed by atoms with Gasteiger partial charge in [-0.25, -0.2) is 0 Å². The zero-order valence-corrected chi connectivity index (χ0v) is 20.5. The molecule has 1 aromatic carbocycles. The van der Waals surface area contributed by atoms with E-state index in [9.17, 15) is 4.79 Å². The Hall–Kier alpha value is -2.85. The third-order valence-corrected chi connectivity index (χ3v) is 6.15. The van der Waals surface area contributed by atoms with Crippen LogP contribution in [0, 0.1) is 0 Å². The number of hydrogen-bond donors (Lipinski definition) is 0. The van der Waals surface area contributed by atoms with Gasteiger partial charge in [0.1, 0.15) is 5.75 Å². The van der Waals surface area contributed by atoms with Gasteiger partial charge in [0.05, 0.1) is 48.9 Å². The predicted octanol–water partition coefficient (Wildman–Crippen LogP) is 5.57. The number of carbonyl (C=O) groups excluding carboxylic acids is 1. The molecule has 1 aliphatic rings. The summed E-state index contributed by atoms with van der Waals surface area (Å²) in [6.07, 6.45) is 3.80. The molecule has 3 rings (SSSR count). The van der Waals surface area contributed by atoms with Crippen LogP contribution in [0.1, 0.15) is 34.7 Å². The van der Waals surface area contributed by atoms with Gasteiger partial charge in [-0.3, -0.25) is 9.79 Å². The number of carbonyl (C=O) groups is 1. The van der Waals surface area contributed by atoms with Gasteiger partial charge in [-0.2, -0.15) is 0 Å². The van der Waals surface area contributed by atoms with Crippen molar-refractivity contribution in [3.8, 4) is 5.75 Å². The minimum Gasteiger partial charge on any atom is -0.497 e. The first-order valence-corrected chi connectivity index (χ1v) is 11.9. The number of allylic oxidation sites excluding steroid dienone is 4. The summed E-state index contributed by atoms with van der Waals surface area (Å²) in [6, 6.07) is 9.77. The molecule has 1 aliphatic carbocycles. The number of aliphatic imine (C=N–C) groups is 1. The summed E-state index contributed by atoms with van der Waals surface area (Å²) < 4.78 is 16.0. The highest BCUT2D eigenvalue weighted by atomic mass is 35.5. The van der Waals surface area contributed by atoms with Gasteiger partial charge in [-0.05, 0) is 67.6 Å². The molecule has 5 nitrogen and oxygen atoms in total. The lowest BCUT2D eigenvalue weighted by Crippen LogP contribution is -2.08. The molecular weight excluding hydrogens is 458 g/mol. The molecule has 172 valence electrons. The van der Waals surface area contributed by atoms with E-state index in [1.807, 2.05) is 43.3 Å². The highest BCUT2D eigenvalue weighted by molar-refractivity contribution is 7.15. The number of nitrogens with zero attached hydrogens (tertiary/aromatic N) is 1. The van der Waals surface area contributed by atoms with Crippen LogP contribution in [-0.2, 0) is 20.7 Å². The van der Waals surface area contributed by atoms with Crippen molar-refractivity contribution >= 4 is 40.2 Å². The highest BCUT2D eigenvalue weighted by Crippen LogP contribution is 2.33. The van der Waals surface area contributed by atoms with E-state index in [0.29, 0.717) is 31.4 Å². The third-order valence-electron chi connectivity index (χ3n) is 4.71. The van der Waals surface area contributed by atoms with Gasteiger partial charge in [0.15, 0.2) is 0 Å². The Morgan fingerprint density at radius 2 is 1.91 bits per heavy atom. The summed E-state index contributed by atoms with van der Waals surface area (Å²) >= 11 is 7.56. The first kappa shape index (κ1) is 24.8. The second-order valence-corrected chi connectivity index (χ2v) is 8.41. The highest BCUT2D eigenvalue weighted by Gasteiger charge is 2.20. The molecule has 0 atom stereocenters. The molecule has 0 saturated carbocycles. The van der Waals surface area contributed by atoms with Crippen molar-refractivity contribution < 1.29 is 19.0 Å². The van der Waals surface area contributed by atoms with Gasteiger partial charge >= 0.3 is 5.97 Å². The Labute approximate surface area is 203 Å². The number of benzene rings is 1. The second kappa shape index (κ2) is 12.4. The van der Waals surface area contributed by atoms with Crippen molar-refractivity contribution in [1.29, 1.82) is 0 Å². The first-order valence-electron chi connectivity index (χ1n) is 10.7. The van der Waals surface area contributed by atoms with E-state index in [1.165, 1.54) is 0 Å². The van der Waals surface area contributed by atoms with Crippen LogP contribution < -0.4 is 4.74 Å². The van der Waals surface area contributed by atoms with Gasteiger partial charge in [0.2, 0.25) is 0 Å². The maximum Gasteiger partial charge on any atom is 0.310 e. The Balaban J connectivity index is 2.07. The van der Waals surface area contributed by atoms with Crippen molar-refractivity contribution in [3.63, 3.8) is 0 Å². The van der Waals surface area contributed by atoms with Gasteiger partial charge < -0.3 is 14.2 Å². The van der Waals surface area contributed by atoms with Crippen LogP contribution in [0.5, 0.6) is 5.75 Å². The first-order chi connectivity index (χ1) is 16.0. The topological polar surface area (TPSA) is 57.1 Å². The molecular formula is C26H26ClNO4S. The summed E-state index contributed by atoms with van der Waals surface area (Å²) in [4.78, 5) is 19.0. The summed E-state index contributed by atoms with van der Waals surface area (Å²) in [7, 11) is 1.64. The summed E-state index contributed by atoms with van der Waals surface area (Å²) in [5.41, 5.74) is 9.45. The maximum atomic E-state index is 12.3.